The molecule has 1 aliphatic rings. The van der Waals surface area contributed by atoms with Crippen LogP contribution in [0.5, 0.6) is 0 Å². The first-order valence-electron chi connectivity index (χ1n) is 11.3. The van der Waals surface area contributed by atoms with Gasteiger partial charge >= 0.3 is 0 Å². The van der Waals surface area contributed by atoms with Gasteiger partial charge in [-0.05, 0) is 42.3 Å². The lowest BCUT2D eigenvalue weighted by Crippen LogP contribution is -2.46. The Balaban J connectivity index is 1.44. The summed E-state index contributed by atoms with van der Waals surface area (Å²) in [5, 5.41) is 2.87. The quantitative estimate of drug-likeness (QED) is 0.464. The minimum absolute atomic E-state index is 0.00854. The van der Waals surface area contributed by atoms with Crippen LogP contribution in [0.3, 0.4) is 0 Å². The molecule has 2 unspecified atom stereocenters. The Bertz CT molecular complexity index is 1330. The number of carbonyl (C=O) groups excluding carboxylic acids is 2. The number of hydrogen-bond acceptors (Lipinski definition) is 3. The maximum atomic E-state index is 13.7. The smallest absolute Gasteiger partial charge is 0.247 e. The van der Waals surface area contributed by atoms with Gasteiger partial charge in [-0.2, -0.15) is 0 Å². The summed E-state index contributed by atoms with van der Waals surface area (Å²) in [4.78, 5) is 33.3. The molecular weight excluding hydrogens is 431 g/mol. The van der Waals surface area contributed by atoms with E-state index in [2.05, 4.69) is 5.32 Å². The second kappa shape index (κ2) is 9.09. The van der Waals surface area contributed by atoms with Gasteiger partial charge < -0.3 is 14.8 Å². The third-order valence-corrected chi connectivity index (χ3v) is 6.32. The number of aromatic nitrogens is 2. The van der Waals surface area contributed by atoms with Crippen LogP contribution in [0.25, 0.3) is 11.0 Å². The maximum absolute atomic E-state index is 13.7. The second-order valence-electron chi connectivity index (χ2n) is 8.58. The molecule has 6 nitrogen and oxygen atoms in total. The molecule has 2 heterocycles. The van der Waals surface area contributed by atoms with Gasteiger partial charge in [0.25, 0.3) is 0 Å². The van der Waals surface area contributed by atoms with Crippen LogP contribution < -0.4 is 5.32 Å². The highest BCUT2D eigenvalue weighted by molar-refractivity contribution is 5.90. The number of carbonyl (C=O) groups is 2. The van der Waals surface area contributed by atoms with Crippen molar-refractivity contribution in [1.82, 2.24) is 19.8 Å². The summed E-state index contributed by atoms with van der Waals surface area (Å²) in [6.07, 6.45) is -0.00854. The van der Waals surface area contributed by atoms with Crippen LogP contribution in [0.15, 0.2) is 78.9 Å². The molecule has 34 heavy (non-hydrogen) atoms. The van der Waals surface area contributed by atoms with Crippen LogP contribution in [0.4, 0.5) is 4.39 Å². The zero-order valence-corrected chi connectivity index (χ0v) is 18.8. The minimum atomic E-state index is -0.699. The molecule has 1 N–H and O–H groups in total. The van der Waals surface area contributed by atoms with Gasteiger partial charge in [-0.1, -0.05) is 54.6 Å². The predicted octanol–water partition coefficient (Wildman–Crippen LogP) is 4.53. The van der Waals surface area contributed by atoms with E-state index >= 15 is 0 Å². The Labute approximate surface area is 197 Å². The van der Waals surface area contributed by atoms with E-state index in [-0.39, 0.29) is 36.6 Å². The molecule has 3 aromatic carbocycles. The standard InChI is InChI=1S/C27H25FN4O2/c1-18-26-30-22-9-5-6-10-23(22)32(26)24(27(34)31(18)17-20-7-3-2-4-8-20)15-25(33)29-16-19-11-13-21(28)14-12-19/h2-14,18,24H,15-17H2,1H3,(H,29,33). The molecule has 0 saturated carbocycles. The lowest BCUT2D eigenvalue weighted by Gasteiger charge is -2.38. The first-order valence-corrected chi connectivity index (χ1v) is 11.3. The molecule has 1 aliphatic heterocycles. The van der Waals surface area contributed by atoms with E-state index in [1.165, 1.54) is 12.1 Å². The van der Waals surface area contributed by atoms with Crippen molar-refractivity contribution < 1.29 is 14.0 Å². The molecule has 7 heteroatoms. The number of rotatable bonds is 6. The molecule has 5 rings (SSSR count). The number of hydrogen-bond donors (Lipinski definition) is 1. The fourth-order valence-electron chi connectivity index (χ4n) is 4.54. The van der Waals surface area contributed by atoms with Gasteiger partial charge in [0, 0.05) is 13.1 Å². The zero-order valence-electron chi connectivity index (χ0n) is 18.8. The number of para-hydroxylation sites is 2. The molecule has 2 amide bonds. The molecule has 1 aromatic heterocycles. The highest BCUT2D eigenvalue weighted by Gasteiger charge is 2.40. The van der Waals surface area contributed by atoms with Crippen LogP contribution in [0.1, 0.15) is 42.4 Å². The number of nitrogens with zero attached hydrogens (tertiary/aromatic N) is 3. The Morgan fingerprint density at radius 1 is 0.971 bits per heavy atom. The van der Waals surface area contributed by atoms with Crippen LogP contribution in [0.2, 0.25) is 0 Å². The van der Waals surface area contributed by atoms with Crippen molar-refractivity contribution >= 4 is 22.8 Å². The highest BCUT2D eigenvalue weighted by Crippen LogP contribution is 2.37. The van der Waals surface area contributed by atoms with E-state index in [4.69, 9.17) is 4.98 Å². The first kappa shape index (κ1) is 21.8. The number of imidazole rings is 1. The lowest BCUT2D eigenvalue weighted by molar-refractivity contribution is -0.142. The van der Waals surface area contributed by atoms with E-state index in [9.17, 15) is 14.0 Å². The third-order valence-electron chi connectivity index (χ3n) is 6.32. The fraction of sp³-hybridized carbons (Fsp3) is 0.222. The normalized spacial score (nSPS) is 17.6. The van der Waals surface area contributed by atoms with Gasteiger partial charge in [0.05, 0.1) is 23.5 Å². The van der Waals surface area contributed by atoms with Gasteiger partial charge in [-0.25, -0.2) is 9.37 Å². The summed E-state index contributed by atoms with van der Waals surface area (Å²) < 4.78 is 15.1. The minimum Gasteiger partial charge on any atom is -0.352 e. The molecule has 0 radical (unpaired) electrons. The number of halogens is 1. The summed E-state index contributed by atoms with van der Waals surface area (Å²) >= 11 is 0. The van der Waals surface area contributed by atoms with Crippen LogP contribution in [-0.4, -0.2) is 26.3 Å². The average molecular weight is 457 g/mol. The van der Waals surface area contributed by atoms with Gasteiger partial charge in [0.1, 0.15) is 17.7 Å². The molecule has 2 atom stereocenters. The van der Waals surface area contributed by atoms with Gasteiger partial charge in [0.15, 0.2) is 0 Å². The SMILES string of the molecule is CC1c2nc3ccccc3n2C(CC(=O)NCc2ccc(F)cc2)C(=O)N1Cc1ccccc1. The van der Waals surface area contributed by atoms with Gasteiger partial charge in [0.2, 0.25) is 11.8 Å². The monoisotopic (exact) mass is 456 g/mol. The molecule has 0 fully saturated rings. The lowest BCUT2D eigenvalue weighted by atomic mass is 10.0. The van der Waals surface area contributed by atoms with Crippen molar-refractivity contribution in [3.63, 3.8) is 0 Å². The fourth-order valence-corrected chi connectivity index (χ4v) is 4.54. The van der Waals surface area contributed by atoms with E-state index in [0.29, 0.717) is 6.54 Å². The van der Waals surface area contributed by atoms with E-state index in [1.54, 1.807) is 17.0 Å². The van der Waals surface area contributed by atoms with E-state index in [1.807, 2.05) is 66.1 Å². The summed E-state index contributed by atoms with van der Waals surface area (Å²) in [5.41, 5.74) is 3.45. The largest absolute Gasteiger partial charge is 0.352 e. The summed E-state index contributed by atoms with van der Waals surface area (Å²) in [7, 11) is 0. The molecule has 4 aromatic rings. The van der Waals surface area contributed by atoms with Crippen molar-refractivity contribution in [3.05, 3.63) is 102 Å². The summed E-state index contributed by atoms with van der Waals surface area (Å²) in [5.74, 6) is 0.0904. The van der Waals surface area contributed by atoms with E-state index < -0.39 is 6.04 Å². The van der Waals surface area contributed by atoms with Crippen molar-refractivity contribution in [3.8, 4) is 0 Å². The highest BCUT2D eigenvalue weighted by atomic mass is 19.1. The second-order valence-corrected chi connectivity index (χ2v) is 8.58. The van der Waals surface area contributed by atoms with Crippen molar-refractivity contribution in [2.45, 2.75) is 38.5 Å². The van der Waals surface area contributed by atoms with Crippen LogP contribution in [-0.2, 0) is 22.7 Å². The number of nitrogens with one attached hydrogen (secondary N) is 1. The Kier molecular flexibility index (Phi) is 5.84. The molecule has 0 bridgehead atoms. The van der Waals surface area contributed by atoms with Crippen molar-refractivity contribution in [2.75, 3.05) is 0 Å². The molecule has 172 valence electrons. The van der Waals surface area contributed by atoms with Crippen LogP contribution >= 0.6 is 0 Å². The maximum Gasteiger partial charge on any atom is 0.247 e. The van der Waals surface area contributed by atoms with Crippen molar-refractivity contribution in [1.29, 1.82) is 0 Å². The topological polar surface area (TPSA) is 67.2 Å². The zero-order chi connectivity index (χ0) is 23.7. The molecule has 0 aliphatic carbocycles. The Morgan fingerprint density at radius 2 is 1.68 bits per heavy atom. The van der Waals surface area contributed by atoms with E-state index in [0.717, 1.165) is 28.0 Å². The Hall–Kier alpha value is -4.00. The summed E-state index contributed by atoms with van der Waals surface area (Å²) in [6, 6.07) is 22.5. The first-order chi connectivity index (χ1) is 16.5. The van der Waals surface area contributed by atoms with Gasteiger partial charge in [-0.15, -0.1) is 0 Å². The third kappa shape index (κ3) is 4.17. The number of fused-ring (bicyclic) bond motifs is 3. The Morgan fingerprint density at radius 3 is 2.44 bits per heavy atom. The van der Waals surface area contributed by atoms with Crippen molar-refractivity contribution in [2.24, 2.45) is 0 Å². The molecular formula is C27H25FN4O2. The number of amides is 2. The number of benzene rings is 3. The predicted molar refractivity (Wildman–Crippen MR) is 127 cm³/mol. The van der Waals surface area contributed by atoms with Gasteiger partial charge in [-0.3, -0.25) is 9.59 Å². The average Bonchev–Trinajstić information content (AvgIpc) is 3.24. The summed E-state index contributed by atoms with van der Waals surface area (Å²) in [6.45, 7) is 2.68. The molecule has 0 saturated heterocycles. The molecule has 0 spiro atoms. The van der Waals surface area contributed by atoms with Crippen LogP contribution in [0, 0.1) is 5.82 Å².